The van der Waals surface area contributed by atoms with Gasteiger partial charge in [0.15, 0.2) is 0 Å². The quantitative estimate of drug-likeness (QED) is 0.226. The van der Waals surface area contributed by atoms with Gasteiger partial charge in [0.05, 0.1) is 0 Å². The van der Waals surface area contributed by atoms with Crippen LogP contribution < -0.4 is 15.9 Å². The third kappa shape index (κ3) is 4.56. The van der Waals surface area contributed by atoms with E-state index in [1.807, 2.05) is 0 Å². The van der Waals surface area contributed by atoms with Crippen molar-refractivity contribution in [1.82, 2.24) is 0 Å². The van der Waals surface area contributed by atoms with Gasteiger partial charge in [-0.05, 0) is 0 Å². The van der Waals surface area contributed by atoms with E-state index in [1.54, 1.807) is 0 Å². The van der Waals surface area contributed by atoms with Crippen molar-refractivity contribution in [2.75, 3.05) is 0 Å². The van der Waals surface area contributed by atoms with Crippen molar-refractivity contribution in [3.05, 3.63) is 163 Å². The van der Waals surface area contributed by atoms with Gasteiger partial charge in [0.25, 0.3) is 0 Å². The minimum atomic E-state index is -2.32. The molecule has 0 nitrogen and oxygen atoms in total. The van der Waals surface area contributed by atoms with E-state index in [0.717, 1.165) is 0 Å². The fraction of sp³-hybridized carbons (Fsp3) is 0.0323. The van der Waals surface area contributed by atoms with Gasteiger partial charge >= 0.3 is 200 Å². The molecule has 0 bridgehead atoms. The Morgan fingerprint density at radius 2 is 0.636 bits per heavy atom. The Kier molecular flexibility index (Phi) is 6.78. The van der Waals surface area contributed by atoms with E-state index >= 15 is 0 Å². The summed E-state index contributed by atoms with van der Waals surface area (Å²) >= 11 is 0. The van der Waals surface area contributed by atoms with Gasteiger partial charge in [0, 0.05) is 0 Å². The molecule has 0 saturated heterocycles. The van der Waals surface area contributed by atoms with Gasteiger partial charge in [-0.15, -0.1) is 0 Å². The summed E-state index contributed by atoms with van der Waals surface area (Å²) in [4.78, 5) is 0. The first kappa shape index (κ1) is 21.8. The summed E-state index contributed by atoms with van der Waals surface area (Å²) in [5.41, 5.74) is 3.11. The fourth-order valence-electron chi connectivity index (χ4n) is 4.68. The molecule has 0 saturated carbocycles. The van der Waals surface area contributed by atoms with Crippen LogP contribution in [0.15, 0.2) is 152 Å². The van der Waals surface area contributed by atoms with Gasteiger partial charge in [-0.3, -0.25) is 0 Å². The Labute approximate surface area is 199 Å². The summed E-state index contributed by atoms with van der Waals surface area (Å²) in [6.45, 7) is -2.32. The normalized spacial score (nSPS) is 12.3. The summed E-state index contributed by atoms with van der Waals surface area (Å²) in [7, 11) is 0.711. The molecule has 0 aliphatic carbocycles. The summed E-state index contributed by atoms with van der Waals surface area (Å²) in [5, 5.41) is 4.41. The zero-order chi connectivity index (χ0) is 22.3. The molecule has 1 unspecified atom stereocenters. The van der Waals surface area contributed by atoms with Crippen LogP contribution in [-0.2, 0) is 0 Å². The zero-order valence-electron chi connectivity index (χ0n) is 18.5. The van der Waals surface area contributed by atoms with E-state index in [4.69, 9.17) is 0 Å². The molecule has 0 aliphatic rings. The SMILES string of the molecule is c1ccc(C(P[PH](c2ccccc2)(c2ccccc2)c2ccccc2)c2ccccc2)cc1. The second-order valence-corrected chi connectivity index (χ2v) is 15.5. The maximum atomic E-state index is 2.35. The van der Waals surface area contributed by atoms with E-state index in [-0.39, 0.29) is 0 Å². The molecule has 1 atom stereocenters. The molecule has 0 aromatic heterocycles. The Morgan fingerprint density at radius 3 is 0.939 bits per heavy atom. The summed E-state index contributed by atoms with van der Waals surface area (Å²) in [6, 6.07) is 55.8. The molecule has 0 aliphatic heterocycles. The van der Waals surface area contributed by atoms with E-state index in [9.17, 15) is 0 Å². The topological polar surface area (TPSA) is 0 Å². The first-order chi connectivity index (χ1) is 16.4. The van der Waals surface area contributed by atoms with Crippen molar-refractivity contribution in [2.45, 2.75) is 5.66 Å². The number of hydrogen-bond acceptors (Lipinski definition) is 0. The molecular formula is C31H28P2. The monoisotopic (exact) mass is 462 g/mol. The first-order valence-electron chi connectivity index (χ1n) is 11.4. The summed E-state index contributed by atoms with van der Waals surface area (Å²) < 4.78 is 0. The van der Waals surface area contributed by atoms with Crippen LogP contribution >= 0.6 is 15.2 Å². The number of hydrogen-bond donors (Lipinski definition) is 0. The van der Waals surface area contributed by atoms with Gasteiger partial charge < -0.3 is 0 Å². The Balaban J connectivity index is 1.78. The van der Waals surface area contributed by atoms with Crippen molar-refractivity contribution >= 4 is 31.1 Å². The molecular weight excluding hydrogens is 434 g/mol. The van der Waals surface area contributed by atoms with Gasteiger partial charge in [0.2, 0.25) is 0 Å². The van der Waals surface area contributed by atoms with Crippen LogP contribution in [0.5, 0.6) is 0 Å². The molecule has 0 heterocycles. The average molecular weight is 463 g/mol. The molecule has 33 heavy (non-hydrogen) atoms. The van der Waals surface area contributed by atoms with Crippen LogP contribution in [0.2, 0.25) is 0 Å². The van der Waals surface area contributed by atoms with Crippen molar-refractivity contribution in [3.63, 3.8) is 0 Å². The van der Waals surface area contributed by atoms with E-state index in [1.165, 1.54) is 27.0 Å². The molecule has 0 fully saturated rings. The first-order valence-corrected chi connectivity index (χ1v) is 15.5. The zero-order valence-corrected chi connectivity index (χ0v) is 20.5. The average Bonchev–Trinajstić information content (AvgIpc) is 2.92. The Hall–Kier alpha value is -3.04. The molecule has 5 aromatic carbocycles. The van der Waals surface area contributed by atoms with Gasteiger partial charge in [-0.2, -0.15) is 0 Å². The molecule has 0 amide bonds. The van der Waals surface area contributed by atoms with Crippen LogP contribution in [0.25, 0.3) is 0 Å². The molecule has 5 rings (SSSR count). The van der Waals surface area contributed by atoms with Crippen molar-refractivity contribution in [3.8, 4) is 0 Å². The van der Waals surface area contributed by atoms with Crippen molar-refractivity contribution < 1.29 is 0 Å². The molecule has 5 aromatic rings. The van der Waals surface area contributed by atoms with Crippen LogP contribution in [0, 0.1) is 0 Å². The van der Waals surface area contributed by atoms with E-state index < -0.39 is 6.95 Å². The van der Waals surface area contributed by atoms with Gasteiger partial charge in [-0.25, -0.2) is 0 Å². The molecule has 0 radical (unpaired) electrons. The van der Waals surface area contributed by atoms with Crippen LogP contribution in [0.4, 0.5) is 0 Å². The van der Waals surface area contributed by atoms with Crippen molar-refractivity contribution in [1.29, 1.82) is 0 Å². The standard InChI is InChI=1S/C31H28P2/c1-6-16-26(17-7-1)31(27-18-8-2-9-19-27)32-33(28-20-10-3-11-21-28,29-22-12-4-13-23-29)30-24-14-5-15-25-30/h1-25,31-33H. The van der Waals surface area contributed by atoms with Crippen LogP contribution in [0.1, 0.15) is 16.8 Å². The van der Waals surface area contributed by atoms with Crippen LogP contribution in [0.3, 0.4) is 0 Å². The molecule has 162 valence electrons. The van der Waals surface area contributed by atoms with Crippen molar-refractivity contribution in [2.24, 2.45) is 0 Å². The maximum absolute atomic E-state index is 2.35. The molecule has 0 N–H and O–H groups in total. The molecule has 0 spiro atoms. The summed E-state index contributed by atoms with van der Waals surface area (Å²) in [6.07, 6.45) is 0. The minimum absolute atomic E-state index is 0.333. The van der Waals surface area contributed by atoms with E-state index in [2.05, 4.69) is 152 Å². The third-order valence-electron chi connectivity index (χ3n) is 6.25. The second kappa shape index (κ2) is 10.3. The predicted molar refractivity (Wildman–Crippen MR) is 150 cm³/mol. The number of rotatable bonds is 7. The Bertz CT molecular complexity index is 1120. The Morgan fingerprint density at radius 1 is 0.364 bits per heavy atom. The fourth-order valence-corrected chi connectivity index (χ4v) is 14.7. The van der Waals surface area contributed by atoms with Crippen LogP contribution in [-0.4, -0.2) is 0 Å². The second-order valence-electron chi connectivity index (χ2n) is 8.25. The third-order valence-corrected chi connectivity index (χ3v) is 16.0. The number of benzene rings is 5. The van der Waals surface area contributed by atoms with Gasteiger partial charge in [0.1, 0.15) is 0 Å². The molecule has 2 heteroatoms. The van der Waals surface area contributed by atoms with E-state index in [0.29, 0.717) is 13.9 Å². The predicted octanol–water partition coefficient (Wildman–Crippen LogP) is 7.10. The van der Waals surface area contributed by atoms with Gasteiger partial charge in [-0.1, -0.05) is 0 Å². The summed E-state index contributed by atoms with van der Waals surface area (Å²) in [5.74, 6) is 0.